The summed E-state index contributed by atoms with van der Waals surface area (Å²) >= 11 is 13.9. The second-order valence-corrected chi connectivity index (χ2v) is 7.18. The molecule has 2 heterocycles. The number of thiophene rings is 1. The highest BCUT2D eigenvalue weighted by Crippen LogP contribution is 2.32. The topological polar surface area (TPSA) is 32.7 Å². The Kier molecular flexibility index (Phi) is 5.26. The lowest BCUT2D eigenvalue weighted by Gasteiger charge is -2.28. The van der Waals surface area contributed by atoms with Crippen LogP contribution < -0.4 is 4.74 Å². The van der Waals surface area contributed by atoms with Crippen LogP contribution in [-0.4, -0.2) is 35.8 Å². The minimum Gasteiger partial charge on any atom is -0.488 e. The predicted octanol–water partition coefficient (Wildman–Crippen LogP) is 3.85. The lowest BCUT2D eigenvalue weighted by Crippen LogP contribution is -2.38. The van der Waals surface area contributed by atoms with E-state index in [4.69, 9.17) is 27.9 Å². The van der Waals surface area contributed by atoms with E-state index in [9.17, 15) is 5.11 Å². The fourth-order valence-electron chi connectivity index (χ4n) is 2.61. The van der Waals surface area contributed by atoms with E-state index in [1.807, 2.05) is 11.3 Å². The maximum atomic E-state index is 10.2. The zero-order chi connectivity index (χ0) is 15.5. The molecule has 1 N–H and O–H groups in total. The van der Waals surface area contributed by atoms with Gasteiger partial charge in [0.15, 0.2) is 5.75 Å². The predicted molar refractivity (Wildman–Crippen MR) is 91.3 cm³/mol. The summed E-state index contributed by atoms with van der Waals surface area (Å²) in [6.45, 7) is 2.62. The van der Waals surface area contributed by atoms with Crippen LogP contribution in [0.3, 0.4) is 0 Å². The molecule has 0 radical (unpaired) electrons. The molecule has 1 aliphatic heterocycles. The molecule has 1 atom stereocenters. The fraction of sp³-hybridized carbons (Fsp3) is 0.375. The molecule has 22 heavy (non-hydrogen) atoms. The minimum absolute atomic E-state index is 0.177. The highest BCUT2D eigenvalue weighted by atomic mass is 35.5. The SMILES string of the molecule is O[C@H](COc1c(Cl)cccc1Cl)CN1CCc2sccc2C1. The smallest absolute Gasteiger partial charge is 0.156 e. The highest BCUT2D eigenvalue weighted by molar-refractivity contribution is 7.10. The Labute approximate surface area is 144 Å². The summed E-state index contributed by atoms with van der Waals surface area (Å²) in [7, 11) is 0. The van der Waals surface area contributed by atoms with Gasteiger partial charge in [0.05, 0.1) is 10.0 Å². The monoisotopic (exact) mass is 357 g/mol. The molecule has 1 aliphatic rings. The first-order valence-electron chi connectivity index (χ1n) is 7.16. The molecule has 0 saturated carbocycles. The second-order valence-electron chi connectivity index (χ2n) is 5.37. The standard InChI is InChI=1S/C16H17Cl2NO2S/c17-13-2-1-3-14(18)16(13)21-10-12(20)9-19-6-4-15-11(8-19)5-7-22-15/h1-3,5,7,12,20H,4,6,8-10H2/t12-/m0/s1. The summed E-state index contributed by atoms with van der Waals surface area (Å²) in [6, 6.07) is 7.37. The van der Waals surface area contributed by atoms with Gasteiger partial charge < -0.3 is 9.84 Å². The molecule has 3 rings (SSSR count). The van der Waals surface area contributed by atoms with Crippen LogP contribution in [0.25, 0.3) is 0 Å². The normalized spacial score (nSPS) is 16.3. The number of ether oxygens (including phenoxy) is 1. The van der Waals surface area contributed by atoms with Crippen molar-refractivity contribution in [2.24, 2.45) is 0 Å². The molecule has 0 saturated heterocycles. The van der Waals surface area contributed by atoms with Gasteiger partial charge in [0.2, 0.25) is 0 Å². The van der Waals surface area contributed by atoms with Crippen molar-refractivity contribution in [2.75, 3.05) is 19.7 Å². The van der Waals surface area contributed by atoms with Crippen molar-refractivity contribution in [3.05, 3.63) is 50.1 Å². The van der Waals surface area contributed by atoms with Crippen LogP contribution in [0, 0.1) is 0 Å². The zero-order valence-corrected chi connectivity index (χ0v) is 14.3. The van der Waals surface area contributed by atoms with Gasteiger partial charge in [0, 0.05) is 24.5 Å². The van der Waals surface area contributed by atoms with Gasteiger partial charge in [0.1, 0.15) is 12.7 Å². The Balaban J connectivity index is 1.52. The second kappa shape index (κ2) is 7.20. The van der Waals surface area contributed by atoms with E-state index in [0.717, 1.165) is 19.5 Å². The molecule has 0 aliphatic carbocycles. The Morgan fingerprint density at radius 2 is 2.05 bits per heavy atom. The Morgan fingerprint density at radius 1 is 1.27 bits per heavy atom. The lowest BCUT2D eigenvalue weighted by atomic mass is 10.1. The Bertz CT molecular complexity index is 627. The van der Waals surface area contributed by atoms with E-state index in [1.165, 1.54) is 10.4 Å². The third kappa shape index (κ3) is 3.76. The minimum atomic E-state index is -0.576. The largest absolute Gasteiger partial charge is 0.488 e. The van der Waals surface area contributed by atoms with E-state index >= 15 is 0 Å². The van der Waals surface area contributed by atoms with Gasteiger partial charge in [-0.3, -0.25) is 4.90 Å². The van der Waals surface area contributed by atoms with Gasteiger partial charge in [-0.2, -0.15) is 0 Å². The van der Waals surface area contributed by atoms with Crippen LogP contribution in [0.4, 0.5) is 0 Å². The van der Waals surface area contributed by atoms with Crippen LogP contribution in [0.5, 0.6) is 5.75 Å². The molecule has 0 spiro atoms. The van der Waals surface area contributed by atoms with Crippen molar-refractivity contribution in [1.29, 1.82) is 0 Å². The molecule has 1 aromatic heterocycles. The van der Waals surface area contributed by atoms with Gasteiger partial charge >= 0.3 is 0 Å². The van der Waals surface area contributed by atoms with Crippen molar-refractivity contribution < 1.29 is 9.84 Å². The quantitative estimate of drug-likeness (QED) is 0.881. The average molecular weight is 358 g/mol. The first kappa shape index (κ1) is 16.1. The first-order valence-corrected chi connectivity index (χ1v) is 8.79. The number of nitrogens with zero attached hydrogens (tertiary/aromatic N) is 1. The van der Waals surface area contributed by atoms with Crippen LogP contribution >= 0.6 is 34.5 Å². The summed E-state index contributed by atoms with van der Waals surface area (Å²) in [5, 5.41) is 13.2. The number of benzene rings is 1. The number of rotatable bonds is 5. The van der Waals surface area contributed by atoms with Crippen molar-refractivity contribution in [3.63, 3.8) is 0 Å². The fourth-order valence-corrected chi connectivity index (χ4v) is 4.01. The molecular weight excluding hydrogens is 341 g/mol. The maximum absolute atomic E-state index is 10.2. The van der Waals surface area contributed by atoms with Crippen molar-refractivity contribution in [1.82, 2.24) is 4.90 Å². The lowest BCUT2D eigenvalue weighted by molar-refractivity contribution is 0.0641. The number of fused-ring (bicyclic) bond motifs is 1. The molecule has 0 amide bonds. The Hall–Kier alpha value is -0.780. The third-order valence-corrected chi connectivity index (χ3v) is 5.31. The molecule has 118 valence electrons. The van der Waals surface area contributed by atoms with Crippen molar-refractivity contribution >= 4 is 34.5 Å². The third-order valence-electron chi connectivity index (χ3n) is 3.69. The number of aliphatic hydroxyl groups excluding tert-OH is 1. The van der Waals surface area contributed by atoms with Crippen molar-refractivity contribution in [3.8, 4) is 5.75 Å². The average Bonchev–Trinajstić information content (AvgIpc) is 2.94. The summed E-state index contributed by atoms with van der Waals surface area (Å²) < 4.78 is 5.59. The van der Waals surface area contributed by atoms with E-state index in [0.29, 0.717) is 22.3 Å². The van der Waals surface area contributed by atoms with Crippen LogP contribution in [0.2, 0.25) is 10.0 Å². The molecule has 0 fully saturated rings. The molecule has 1 aromatic carbocycles. The number of para-hydroxylation sites is 1. The highest BCUT2D eigenvalue weighted by Gasteiger charge is 2.20. The van der Waals surface area contributed by atoms with Gasteiger partial charge in [-0.25, -0.2) is 0 Å². The molecule has 0 bridgehead atoms. The number of halogens is 2. The molecule has 0 unspecified atom stereocenters. The number of hydrogen-bond acceptors (Lipinski definition) is 4. The molecule has 3 nitrogen and oxygen atoms in total. The van der Waals surface area contributed by atoms with Gasteiger partial charge in [0.25, 0.3) is 0 Å². The molecular formula is C16H17Cl2NO2S. The van der Waals surface area contributed by atoms with E-state index < -0.39 is 6.10 Å². The summed E-state index contributed by atoms with van der Waals surface area (Å²) in [4.78, 5) is 3.71. The molecule has 2 aromatic rings. The van der Waals surface area contributed by atoms with E-state index in [1.54, 1.807) is 18.2 Å². The van der Waals surface area contributed by atoms with Crippen LogP contribution in [0.1, 0.15) is 10.4 Å². The first-order chi connectivity index (χ1) is 10.6. The number of hydrogen-bond donors (Lipinski definition) is 1. The maximum Gasteiger partial charge on any atom is 0.156 e. The summed E-state index contributed by atoms with van der Waals surface area (Å²) in [6.07, 6.45) is 0.476. The van der Waals surface area contributed by atoms with Gasteiger partial charge in [-0.05, 0) is 35.6 Å². The zero-order valence-electron chi connectivity index (χ0n) is 12.0. The summed E-state index contributed by atoms with van der Waals surface area (Å²) in [5.41, 5.74) is 1.37. The summed E-state index contributed by atoms with van der Waals surface area (Å²) in [5.74, 6) is 0.434. The van der Waals surface area contributed by atoms with E-state index in [-0.39, 0.29) is 6.61 Å². The molecule has 6 heteroatoms. The Morgan fingerprint density at radius 3 is 2.82 bits per heavy atom. The van der Waals surface area contributed by atoms with Crippen molar-refractivity contribution in [2.45, 2.75) is 19.1 Å². The number of β-amino-alcohol motifs (C(OH)–C–C–N with tert-alkyl or cyclic N) is 1. The van der Waals surface area contributed by atoms with Crippen LogP contribution in [-0.2, 0) is 13.0 Å². The van der Waals surface area contributed by atoms with Crippen LogP contribution in [0.15, 0.2) is 29.6 Å². The number of aliphatic hydroxyl groups is 1. The van der Waals surface area contributed by atoms with E-state index in [2.05, 4.69) is 16.3 Å². The van der Waals surface area contributed by atoms with Gasteiger partial charge in [-0.15, -0.1) is 11.3 Å². The van der Waals surface area contributed by atoms with Gasteiger partial charge in [-0.1, -0.05) is 29.3 Å².